The Morgan fingerprint density at radius 3 is 2.43 bits per heavy atom. The molecule has 0 saturated carbocycles. The number of nitrogens with zero attached hydrogens (tertiary/aromatic N) is 1. The maximum absolute atomic E-state index is 13.3. The number of halogens is 4. The lowest BCUT2D eigenvalue weighted by Crippen LogP contribution is -2.17. The minimum Gasteiger partial charge on any atom is -0.361 e. The Morgan fingerprint density at radius 1 is 1.57 bits per heavy atom. The first kappa shape index (κ1) is 20.8. The van der Waals surface area contributed by atoms with Crippen molar-refractivity contribution < 1.29 is 21.5 Å². The normalized spacial score (nSPS) is 10.6. The van der Waals surface area contributed by atoms with Gasteiger partial charge < -0.3 is 5.32 Å². The molecule has 1 heterocycles. The predicted molar refractivity (Wildman–Crippen MR) is 84.0 cm³/mol. The van der Waals surface area contributed by atoms with Gasteiger partial charge in [-0.25, -0.2) is 9.37 Å². The van der Waals surface area contributed by atoms with Crippen molar-refractivity contribution >= 4 is 67.3 Å². The minimum atomic E-state index is -4.16. The van der Waals surface area contributed by atoms with Gasteiger partial charge in [-0.05, 0) is 15.9 Å². The highest BCUT2D eigenvalue weighted by molar-refractivity contribution is 9.10. The molecule has 0 unspecified atom stereocenters. The molecule has 0 amide bonds. The number of nitrogens with one attached hydrogen (secondary N) is 2. The summed E-state index contributed by atoms with van der Waals surface area (Å²) < 4.78 is 43.1. The Balaban J connectivity index is 0.000000567. The van der Waals surface area contributed by atoms with Gasteiger partial charge in [0, 0.05) is 12.1 Å². The van der Waals surface area contributed by atoms with E-state index in [1.165, 1.54) is 0 Å². The van der Waals surface area contributed by atoms with Crippen LogP contribution in [0.5, 0.6) is 0 Å². The lowest BCUT2D eigenvalue weighted by atomic mass is 10.3. The van der Waals surface area contributed by atoms with E-state index in [0.717, 1.165) is 7.11 Å². The van der Waals surface area contributed by atoms with Gasteiger partial charge in [0.25, 0.3) is 0 Å². The largest absolute Gasteiger partial charge is 0.397 e. The number of rotatable bonds is 3. The first-order valence-electron chi connectivity index (χ1n) is 4.72. The van der Waals surface area contributed by atoms with Gasteiger partial charge in [0.2, 0.25) is 0 Å². The molecule has 1 aromatic heterocycles. The van der Waals surface area contributed by atoms with Crippen LogP contribution in [0, 0.1) is 11.2 Å². The highest BCUT2D eigenvalue weighted by Gasteiger charge is 2.15. The van der Waals surface area contributed by atoms with Crippen molar-refractivity contribution in [2.45, 2.75) is 6.54 Å². The lowest BCUT2D eigenvalue weighted by Gasteiger charge is -2.09. The molecule has 0 radical (unpaired) electrons. The van der Waals surface area contributed by atoms with Crippen molar-refractivity contribution in [1.29, 1.82) is 5.41 Å². The van der Waals surface area contributed by atoms with Gasteiger partial charge in [-0.15, -0.1) is 12.6 Å². The van der Waals surface area contributed by atoms with E-state index in [1.807, 2.05) is 0 Å². The fourth-order valence-electron chi connectivity index (χ4n) is 0.839. The third kappa shape index (κ3) is 8.14. The van der Waals surface area contributed by atoms with Crippen molar-refractivity contribution in [2.24, 2.45) is 0 Å². The van der Waals surface area contributed by atoms with Crippen LogP contribution in [0.25, 0.3) is 0 Å². The average Bonchev–Trinajstić information content (AvgIpc) is 2.35. The number of pyridine rings is 1. The van der Waals surface area contributed by atoms with Gasteiger partial charge in [0.1, 0.15) is 5.15 Å². The molecule has 1 aromatic rings. The molecule has 0 aliphatic heterocycles. The maximum Gasteiger partial charge on any atom is 0.397 e. The highest BCUT2D eigenvalue weighted by atomic mass is 79.9. The molecule has 7 nitrogen and oxygen atoms in total. The van der Waals surface area contributed by atoms with Crippen molar-refractivity contribution in [2.75, 3.05) is 7.11 Å². The van der Waals surface area contributed by atoms with E-state index in [9.17, 15) is 12.8 Å². The monoisotopic (exact) mass is 443 g/mol. The molecule has 0 fully saturated rings. The predicted octanol–water partition coefficient (Wildman–Crippen LogP) is 2.68. The van der Waals surface area contributed by atoms with Crippen LogP contribution < -0.4 is 5.32 Å². The summed E-state index contributed by atoms with van der Waals surface area (Å²) in [4.78, 5) is 3.60. The molecule has 1 rings (SSSR count). The molecule has 0 bridgehead atoms. The van der Waals surface area contributed by atoms with Crippen molar-refractivity contribution in [3.05, 3.63) is 26.2 Å². The third-order valence-corrected chi connectivity index (χ3v) is 3.70. The van der Waals surface area contributed by atoms with Crippen LogP contribution in [-0.2, 0) is 21.1 Å². The molecule has 0 spiro atoms. The molecule has 0 aromatic carbocycles. The fraction of sp³-hybridized carbons (Fsp3) is 0.250. The van der Waals surface area contributed by atoms with E-state index in [2.05, 4.69) is 43.0 Å². The van der Waals surface area contributed by atoms with Gasteiger partial charge in [0.15, 0.2) is 16.1 Å². The Hall–Kier alpha value is -0.170. The summed E-state index contributed by atoms with van der Waals surface area (Å²) in [5, 5.41) is 9.34. The van der Waals surface area contributed by atoms with Crippen molar-refractivity contribution in [3.8, 4) is 0 Å². The Labute approximate surface area is 144 Å². The van der Waals surface area contributed by atoms with Crippen molar-refractivity contribution in [3.63, 3.8) is 0 Å². The first-order chi connectivity index (χ1) is 9.49. The van der Waals surface area contributed by atoms with E-state index >= 15 is 0 Å². The van der Waals surface area contributed by atoms with E-state index in [4.69, 9.17) is 33.2 Å². The standard InChI is InChI=1S/C7H5BrCl2FN3S.CH4O4S/c8-3-2(1-13-7(12)15)5(9)14-6(10)4(3)11;1-5-6(2,3)4/h1H2,(H3,12,13,15);1H3,(H,2,3,4). The number of aromatic nitrogens is 1. The Bertz CT molecular complexity index is 632. The van der Waals surface area contributed by atoms with Gasteiger partial charge in [-0.1, -0.05) is 23.2 Å². The zero-order valence-corrected chi connectivity index (χ0v) is 15.0. The second kappa shape index (κ2) is 9.08. The van der Waals surface area contributed by atoms with E-state index in [0.29, 0.717) is 5.56 Å². The SMILES string of the molecule is COS(=O)(=O)O.N=C(S)NCc1c(Cl)nc(Cl)c(F)c1Br. The van der Waals surface area contributed by atoms with Crippen LogP contribution in [0.4, 0.5) is 4.39 Å². The molecule has 0 atom stereocenters. The number of hydrogen-bond acceptors (Lipinski definition) is 5. The summed E-state index contributed by atoms with van der Waals surface area (Å²) in [6, 6.07) is 0. The first-order valence-corrected chi connectivity index (χ1v) is 8.09. The average molecular weight is 445 g/mol. The summed E-state index contributed by atoms with van der Waals surface area (Å²) in [6.45, 7) is 0.142. The summed E-state index contributed by atoms with van der Waals surface area (Å²) >= 11 is 18.0. The van der Waals surface area contributed by atoms with E-state index < -0.39 is 16.2 Å². The van der Waals surface area contributed by atoms with Crippen LogP contribution in [0.1, 0.15) is 5.56 Å². The molecule has 13 heteroatoms. The van der Waals surface area contributed by atoms with Gasteiger partial charge in [-0.2, -0.15) is 8.42 Å². The summed E-state index contributed by atoms with van der Waals surface area (Å²) in [6.07, 6.45) is 0. The molecule has 120 valence electrons. The van der Waals surface area contributed by atoms with Gasteiger partial charge in [-0.3, -0.25) is 14.1 Å². The summed E-state index contributed by atoms with van der Waals surface area (Å²) in [7, 11) is -3.29. The van der Waals surface area contributed by atoms with Crippen molar-refractivity contribution in [1.82, 2.24) is 10.3 Å². The van der Waals surface area contributed by atoms with Crippen LogP contribution in [0.3, 0.4) is 0 Å². The van der Waals surface area contributed by atoms with E-state index in [-0.39, 0.29) is 26.5 Å². The zero-order valence-electron chi connectivity index (χ0n) is 10.2. The second-order valence-corrected chi connectivity index (χ2v) is 6.24. The lowest BCUT2D eigenvalue weighted by molar-refractivity contribution is 0.324. The Morgan fingerprint density at radius 2 is 2.05 bits per heavy atom. The zero-order chi connectivity index (χ0) is 16.8. The van der Waals surface area contributed by atoms with Crippen LogP contribution >= 0.6 is 51.8 Å². The number of amidine groups is 1. The summed E-state index contributed by atoms with van der Waals surface area (Å²) in [5.41, 5.74) is 0.386. The summed E-state index contributed by atoms with van der Waals surface area (Å²) in [5.74, 6) is -0.677. The molecular weight excluding hydrogens is 436 g/mol. The molecular formula is C8H9BrCl2FN3O4S2. The van der Waals surface area contributed by atoms with Crippen LogP contribution in [-0.4, -0.2) is 30.2 Å². The number of thiol groups is 1. The fourth-order valence-corrected chi connectivity index (χ4v) is 2.13. The smallest absolute Gasteiger partial charge is 0.361 e. The minimum absolute atomic E-state index is 0.0478. The maximum atomic E-state index is 13.3. The van der Waals surface area contributed by atoms with Crippen LogP contribution in [0.15, 0.2) is 4.47 Å². The number of hydrogen-bond donors (Lipinski definition) is 4. The van der Waals surface area contributed by atoms with E-state index in [1.54, 1.807) is 0 Å². The molecule has 0 saturated heterocycles. The molecule has 3 N–H and O–H groups in total. The second-order valence-electron chi connectivity index (χ2n) is 3.10. The molecule has 0 aliphatic rings. The Kier molecular flexibility index (Phi) is 9.00. The molecule has 0 aliphatic carbocycles. The third-order valence-electron chi connectivity index (χ3n) is 1.73. The topological polar surface area (TPSA) is 112 Å². The molecule has 21 heavy (non-hydrogen) atoms. The van der Waals surface area contributed by atoms with Gasteiger partial charge in [0.05, 0.1) is 11.6 Å². The quantitative estimate of drug-likeness (QED) is 0.187. The van der Waals surface area contributed by atoms with Crippen LogP contribution in [0.2, 0.25) is 10.3 Å². The highest BCUT2D eigenvalue weighted by Crippen LogP contribution is 2.30. The van der Waals surface area contributed by atoms with Gasteiger partial charge >= 0.3 is 10.4 Å².